The summed E-state index contributed by atoms with van der Waals surface area (Å²) in [5.41, 5.74) is -0.0912. The fraction of sp³-hybridized carbons (Fsp3) is 0.828. The van der Waals surface area contributed by atoms with Gasteiger partial charge in [-0.1, -0.05) is 104 Å². The zero-order chi connectivity index (χ0) is 27.8. The van der Waals surface area contributed by atoms with E-state index in [2.05, 4.69) is 17.2 Å². The van der Waals surface area contributed by atoms with Gasteiger partial charge in [0.05, 0.1) is 6.61 Å². The van der Waals surface area contributed by atoms with E-state index in [1.54, 1.807) is 0 Å². The summed E-state index contributed by atoms with van der Waals surface area (Å²) in [5, 5.41) is 32.3. The van der Waals surface area contributed by atoms with E-state index in [4.69, 9.17) is 4.74 Å². The number of nitrogens with one attached hydrogen (secondary N) is 1. The number of hydrogen-bond acceptors (Lipinski definition) is 7. The van der Waals surface area contributed by atoms with Crippen LogP contribution in [0.5, 0.6) is 0 Å². The Morgan fingerprint density at radius 3 is 1.89 bits per heavy atom. The topological polar surface area (TPSA) is 134 Å². The normalized spacial score (nSPS) is 21.2. The van der Waals surface area contributed by atoms with Gasteiger partial charge in [-0.3, -0.25) is 9.36 Å². The quantitative estimate of drug-likeness (QED) is 0.178. The molecule has 1 fully saturated rings. The average molecular weight is 538 g/mol. The molecule has 1 saturated heterocycles. The maximum absolute atomic E-state index is 12.6. The molecular weight excluding hydrogens is 486 g/mol. The monoisotopic (exact) mass is 537 g/mol. The van der Waals surface area contributed by atoms with Crippen molar-refractivity contribution in [3.05, 3.63) is 22.2 Å². The summed E-state index contributed by atoms with van der Waals surface area (Å²) >= 11 is 0. The van der Waals surface area contributed by atoms with Crippen LogP contribution in [0.15, 0.2) is 11.0 Å². The Hall–Kier alpha value is -1.81. The number of rotatable bonds is 20. The third kappa shape index (κ3) is 10.8. The largest absolute Gasteiger partial charge is 0.394 e. The third-order valence-corrected chi connectivity index (χ3v) is 7.46. The molecule has 9 nitrogen and oxygen atoms in total. The van der Waals surface area contributed by atoms with Crippen LogP contribution in [0.4, 0.5) is 5.82 Å². The Bertz CT molecular complexity index is 861. The van der Waals surface area contributed by atoms with Crippen LogP contribution in [-0.4, -0.2) is 55.7 Å². The predicted octanol–water partition coefficient (Wildman–Crippen LogP) is 4.62. The smallest absolute Gasteiger partial charge is 0.351 e. The zero-order valence-electron chi connectivity index (χ0n) is 23.6. The highest BCUT2D eigenvalue weighted by molar-refractivity contribution is 5.90. The van der Waals surface area contributed by atoms with E-state index in [1.807, 2.05) is 6.92 Å². The lowest BCUT2D eigenvalue weighted by Crippen LogP contribution is -2.36. The molecule has 1 amide bonds. The molecule has 0 aromatic carbocycles. The maximum atomic E-state index is 12.6. The van der Waals surface area contributed by atoms with Crippen LogP contribution >= 0.6 is 0 Å². The van der Waals surface area contributed by atoms with Gasteiger partial charge in [-0.15, -0.1) is 0 Å². The van der Waals surface area contributed by atoms with Crippen molar-refractivity contribution in [1.82, 2.24) is 9.55 Å². The molecule has 2 heterocycles. The number of carbonyl (C=O) groups is 1. The standard InChI is InChI=1S/C29H51N3O6/c1-3-5-6-7-8-9-10-11-12-13-14-15-16-17-18-19-24(34)30-27-22(4-2)20-32(29(37)31-27)28-26(36)25(35)23(21-33)38-28/h20,23,25-26,28,33,35-36H,3-19,21H2,1-2H3,(H,30,31,34,37)/t23-,25-,26-,28-/m1/s1. The van der Waals surface area contributed by atoms with Gasteiger partial charge in [-0.2, -0.15) is 4.98 Å². The Kier molecular flexibility index (Phi) is 15.8. The number of aliphatic hydroxyl groups is 3. The first-order valence-corrected chi connectivity index (χ1v) is 15.0. The fourth-order valence-electron chi connectivity index (χ4n) is 5.02. The molecule has 1 aliphatic rings. The Labute approximate surface area is 228 Å². The van der Waals surface area contributed by atoms with Crippen molar-refractivity contribution in [2.75, 3.05) is 11.9 Å². The summed E-state index contributed by atoms with van der Waals surface area (Å²) in [6.45, 7) is 3.64. The van der Waals surface area contributed by atoms with Gasteiger partial charge in [-0.25, -0.2) is 4.79 Å². The van der Waals surface area contributed by atoms with Crippen molar-refractivity contribution in [1.29, 1.82) is 0 Å². The number of hydrogen-bond donors (Lipinski definition) is 4. The molecule has 0 aliphatic carbocycles. The molecule has 218 valence electrons. The van der Waals surface area contributed by atoms with Crippen molar-refractivity contribution >= 4 is 11.7 Å². The molecule has 9 heteroatoms. The number of anilines is 1. The molecule has 0 radical (unpaired) electrons. The average Bonchev–Trinajstić information content (AvgIpc) is 3.19. The minimum Gasteiger partial charge on any atom is -0.394 e. The van der Waals surface area contributed by atoms with Crippen molar-refractivity contribution in [2.24, 2.45) is 0 Å². The van der Waals surface area contributed by atoms with Crippen LogP contribution in [0.25, 0.3) is 0 Å². The fourth-order valence-corrected chi connectivity index (χ4v) is 5.02. The number of carbonyl (C=O) groups excluding carboxylic acids is 1. The van der Waals surface area contributed by atoms with Gasteiger partial charge >= 0.3 is 5.69 Å². The number of aryl methyl sites for hydroxylation is 1. The molecule has 2 rings (SSSR count). The molecule has 0 spiro atoms. The van der Waals surface area contributed by atoms with E-state index < -0.39 is 36.8 Å². The van der Waals surface area contributed by atoms with E-state index in [0.717, 1.165) is 23.8 Å². The van der Waals surface area contributed by atoms with E-state index in [-0.39, 0.29) is 11.7 Å². The SMILES string of the molecule is CCCCCCCCCCCCCCCCCC(=O)Nc1nc(=O)n([C@@H]2O[C@H](CO)[C@@H](O)[C@H]2O)cc1CC. The third-order valence-electron chi connectivity index (χ3n) is 7.46. The maximum Gasteiger partial charge on any atom is 0.351 e. The molecular formula is C29H51N3O6. The first-order valence-electron chi connectivity index (χ1n) is 15.0. The molecule has 1 aliphatic heterocycles. The highest BCUT2D eigenvalue weighted by Crippen LogP contribution is 2.29. The second-order valence-electron chi connectivity index (χ2n) is 10.6. The summed E-state index contributed by atoms with van der Waals surface area (Å²) in [6, 6.07) is 0. The highest BCUT2D eigenvalue weighted by Gasteiger charge is 2.44. The van der Waals surface area contributed by atoms with Crippen molar-refractivity contribution in [2.45, 2.75) is 148 Å². The summed E-state index contributed by atoms with van der Waals surface area (Å²) in [4.78, 5) is 29.1. The second-order valence-corrected chi connectivity index (χ2v) is 10.6. The van der Waals surface area contributed by atoms with E-state index >= 15 is 0 Å². The minimum atomic E-state index is -1.37. The minimum absolute atomic E-state index is 0.174. The van der Waals surface area contributed by atoms with E-state index in [0.29, 0.717) is 18.4 Å². The van der Waals surface area contributed by atoms with Gasteiger partial charge in [0.25, 0.3) is 0 Å². The number of aromatic nitrogens is 2. The van der Waals surface area contributed by atoms with Crippen molar-refractivity contribution < 1.29 is 24.9 Å². The second kappa shape index (κ2) is 18.5. The number of ether oxygens (including phenoxy) is 1. The zero-order valence-corrected chi connectivity index (χ0v) is 23.6. The summed E-state index contributed by atoms with van der Waals surface area (Å²) in [7, 11) is 0. The van der Waals surface area contributed by atoms with E-state index in [1.165, 1.54) is 83.2 Å². The van der Waals surface area contributed by atoms with Crippen LogP contribution in [0, 0.1) is 0 Å². The van der Waals surface area contributed by atoms with Crippen LogP contribution in [0.1, 0.15) is 128 Å². The summed E-state index contributed by atoms with van der Waals surface area (Å²) in [6.07, 6.45) is 16.5. The van der Waals surface area contributed by atoms with Gasteiger partial charge in [0.2, 0.25) is 5.91 Å². The lowest BCUT2D eigenvalue weighted by atomic mass is 10.0. The van der Waals surface area contributed by atoms with Gasteiger partial charge in [0.1, 0.15) is 24.1 Å². The van der Waals surface area contributed by atoms with Gasteiger partial charge in [0, 0.05) is 18.2 Å². The first kappa shape index (κ1) is 32.4. The van der Waals surface area contributed by atoms with Gasteiger partial charge < -0.3 is 25.4 Å². The summed E-state index contributed by atoms with van der Waals surface area (Å²) in [5.74, 6) is 0.0402. The molecule has 0 saturated carbocycles. The van der Waals surface area contributed by atoms with Crippen LogP contribution in [0.2, 0.25) is 0 Å². The number of unbranched alkanes of at least 4 members (excludes halogenated alkanes) is 14. The van der Waals surface area contributed by atoms with Gasteiger partial charge in [0.15, 0.2) is 6.23 Å². The number of aliphatic hydroxyl groups excluding tert-OH is 3. The molecule has 4 atom stereocenters. The van der Waals surface area contributed by atoms with E-state index in [9.17, 15) is 24.9 Å². The van der Waals surface area contributed by atoms with Crippen LogP contribution < -0.4 is 11.0 Å². The molecule has 38 heavy (non-hydrogen) atoms. The molecule has 1 aromatic heterocycles. The Balaban J connectivity index is 1.62. The van der Waals surface area contributed by atoms with Crippen LogP contribution in [0.3, 0.4) is 0 Å². The lowest BCUT2D eigenvalue weighted by molar-refractivity contribution is -0.116. The van der Waals surface area contributed by atoms with Gasteiger partial charge in [-0.05, 0) is 12.8 Å². The number of nitrogens with zero attached hydrogens (tertiary/aromatic N) is 2. The van der Waals surface area contributed by atoms with Crippen molar-refractivity contribution in [3.63, 3.8) is 0 Å². The summed E-state index contributed by atoms with van der Waals surface area (Å²) < 4.78 is 6.55. The molecule has 0 bridgehead atoms. The Morgan fingerprint density at radius 2 is 1.42 bits per heavy atom. The predicted molar refractivity (Wildman–Crippen MR) is 149 cm³/mol. The highest BCUT2D eigenvalue weighted by atomic mass is 16.6. The Morgan fingerprint density at radius 1 is 0.895 bits per heavy atom. The van der Waals surface area contributed by atoms with Crippen molar-refractivity contribution in [3.8, 4) is 0 Å². The van der Waals surface area contributed by atoms with Crippen LogP contribution in [-0.2, 0) is 16.0 Å². The molecule has 4 N–H and O–H groups in total. The number of amides is 1. The molecule has 0 unspecified atom stereocenters. The first-order chi connectivity index (χ1) is 18.4. The molecule has 1 aromatic rings. The lowest BCUT2D eigenvalue weighted by Gasteiger charge is -2.19.